The molecule has 0 unspecified atom stereocenters. The molecule has 2 rings (SSSR count). The highest BCUT2D eigenvalue weighted by atomic mass is 16.2. The van der Waals surface area contributed by atoms with Crippen molar-refractivity contribution in [3.05, 3.63) is 58.9 Å². The van der Waals surface area contributed by atoms with Crippen LogP contribution in [0.2, 0.25) is 0 Å². The summed E-state index contributed by atoms with van der Waals surface area (Å²) in [6.07, 6.45) is 3.42. The van der Waals surface area contributed by atoms with Gasteiger partial charge in [-0.1, -0.05) is 19.4 Å². The van der Waals surface area contributed by atoms with Crippen molar-refractivity contribution in [2.75, 3.05) is 11.9 Å². The zero-order chi connectivity index (χ0) is 17.5. The summed E-state index contributed by atoms with van der Waals surface area (Å²) < 4.78 is 0. The predicted molar refractivity (Wildman–Crippen MR) is 95.3 cm³/mol. The van der Waals surface area contributed by atoms with E-state index in [0.717, 1.165) is 24.0 Å². The number of carbonyl (C=O) groups excluding carboxylic acids is 2. The average molecular weight is 325 g/mol. The number of amides is 2. The molecule has 0 bridgehead atoms. The summed E-state index contributed by atoms with van der Waals surface area (Å²) >= 11 is 0. The Morgan fingerprint density at radius 1 is 1.04 bits per heavy atom. The first-order chi connectivity index (χ1) is 11.5. The zero-order valence-corrected chi connectivity index (χ0v) is 14.3. The molecular formula is C19H23N3O2. The van der Waals surface area contributed by atoms with Crippen LogP contribution in [0.15, 0.2) is 36.5 Å². The lowest BCUT2D eigenvalue weighted by Crippen LogP contribution is -2.25. The largest absolute Gasteiger partial charge is 0.352 e. The molecule has 2 N–H and O–H groups in total. The van der Waals surface area contributed by atoms with E-state index in [1.54, 1.807) is 6.07 Å². The van der Waals surface area contributed by atoms with E-state index in [0.29, 0.717) is 17.8 Å². The van der Waals surface area contributed by atoms with Gasteiger partial charge in [0, 0.05) is 24.0 Å². The number of hydrogen-bond acceptors (Lipinski definition) is 3. The molecule has 0 spiro atoms. The third-order valence-electron chi connectivity index (χ3n) is 3.84. The lowest BCUT2D eigenvalue weighted by molar-refractivity contribution is 0.0953. The van der Waals surface area contributed by atoms with Crippen LogP contribution in [-0.4, -0.2) is 23.3 Å². The summed E-state index contributed by atoms with van der Waals surface area (Å²) in [7, 11) is 0. The quantitative estimate of drug-likeness (QED) is 0.799. The summed E-state index contributed by atoms with van der Waals surface area (Å²) in [5.41, 5.74) is 3.63. The van der Waals surface area contributed by atoms with Gasteiger partial charge in [0.05, 0.1) is 0 Å². The molecule has 1 aromatic heterocycles. The van der Waals surface area contributed by atoms with Gasteiger partial charge in [-0.3, -0.25) is 14.6 Å². The molecule has 5 heteroatoms. The number of aryl methyl sites for hydroxylation is 2. The van der Waals surface area contributed by atoms with E-state index in [1.807, 2.05) is 32.0 Å². The molecule has 0 saturated heterocycles. The first-order valence-corrected chi connectivity index (χ1v) is 8.14. The molecule has 0 aliphatic heterocycles. The second kappa shape index (κ2) is 8.24. The Balaban J connectivity index is 2.08. The highest BCUT2D eigenvalue weighted by Crippen LogP contribution is 2.15. The minimum Gasteiger partial charge on any atom is -0.352 e. The van der Waals surface area contributed by atoms with Crippen LogP contribution >= 0.6 is 0 Å². The van der Waals surface area contributed by atoms with E-state index < -0.39 is 0 Å². The van der Waals surface area contributed by atoms with E-state index in [4.69, 9.17) is 0 Å². The summed E-state index contributed by atoms with van der Waals surface area (Å²) in [5, 5.41) is 5.64. The maximum Gasteiger partial charge on any atom is 0.274 e. The van der Waals surface area contributed by atoms with Crippen LogP contribution in [0.3, 0.4) is 0 Å². The molecule has 2 amide bonds. The van der Waals surface area contributed by atoms with Crippen molar-refractivity contribution < 1.29 is 9.59 Å². The lowest BCUT2D eigenvalue weighted by Gasteiger charge is -2.08. The number of nitrogens with zero attached hydrogens (tertiary/aromatic N) is 1. The normalized spacial score (nSPS) is 10.3. The van der Waals surface area contributed by atoms with Crippen LogP contribution in [-0.2, 0) is 0 Å². The summed E-state index contributed by atoms with van der Waals surface area (Å²) in [6.45, 7) is 6.70. The number of benzene rings is 1. The Hall–Kier alpha value is -2.69. The number of rotatable bonds is 6. The molecule has 0 fully saturated rings. The van der Waals surface area contributed by atoms with E-state index in [1.165, 1.54) is 12.3 Å². The van der Waals surface area contributed by atoms with Gasteiger partial charge in [0.15, 0.2) is 0 Å². The van der Waals surface area contributed by atoms with Gasteiger partial charge < -0.3 is 10.6 Å². The van der Waals surface area contributed by atoms with E-state index in [2.05, 4.69) is 22.5 Å². The molecule has 2 aromatic rings. The molecule has 1 heterocycles. The van der Waals surface area contributed by atoms with Crippen molar-refractivity contribution >= 4 is 17.5 Å². The van der Waals surface area contributed by atoms with Crippen LogP contribution in [0.4, 0.5) is 5.69 Å². The molecule has 24 heavy (non-hydrogen) atoms. The zero-order valence-electron chi connectivity index (χ0n) is 14.3. The number of aromatic nitrogens is 1. The van der Waals surface area contributed by atoms with E-state index in [9.17, 15) is 9.59 Å². The molecule has 0 radical (unpaired) electrons. The van der Waals surface area contributed by atoms with Crippen LogP contribution in [0.25, 0.3) is 0 Å². The van der Waals surface area contributed by atoms with Crippen molar-refractivity contribution in [3.63, 3.8) is 0 Å². The Kier molecular flexibility index (Phi) is 6.07. The van der Waals surface area contributed by atoms with Gasteiger partial charge in [0.2, 0.25) is 0 Å². The summed E-state index contributed by atoms with van der Waals surface area (Å²) in [5.74, 6) is -0.521. The Bertz CT molecular complexity index is 741. The summed E-state index contributed by atoms with van der Waals surface area (Å²) in [4.78, 5) is 28.5. The van der Waals surface area contributed by atoms with Crippen LogP contribution in [0.5, 0.6) is 0 Å². The smallest absolute Gasteiger partial charge is 0.274 e. The van der Waals surface area contributed by atoms with Crippen molar-refractivity contribution in [2.24, 2.45) is 0 Å². The standard InChI is InChI=1S/C19H23N3O2/c1-4-5-9-21-18(23)15-8-10-20-17(12-15)19(24)22-16-7-6-13(2)14(3)11-16/h6-8,10-12H,4-5,9H2,1-3H3,(H,21,23)(H,22,24). The van der Waals surface area contributed by atoms with Crippen LogP contribution in [0, 0.1) is 13.8 Å². The molecule has 0 aliphatic carbocycles. The van der Waals surface area contributed by atoms with Gasteiger partial charge in [-0.25, -0.2) is 0 Å². The molecule has 0 saturated carbocycles. The molecule has 1 aromatic carbocycles. The number of pyridine rings is 1. The van der Waals surface area contributed by atoms with Gasteiger partial charge in [0.25, 0.3) is 11.8 Å². The first-order valence-electron chi connectivity index (χ1n) is 8.14. The minimum atomic E-state index is -0.332. The lowest BCUT2D eigenvalue weighted by atomic mass is 10.1. The van der Waals surface area contributed by atoms with Crippen molar-refractivity contribution in [3.8, 4) is 0 Å². The number of anilines is 1. The third kappa shape index (κ3) is 4.65. The maximum atomic E-state index is 12.3. The monoisotopic (exact) mass is 325 g/mol. The number of unbranched alkanes of at least 4 members (excludes halogenated alkanes) is 1. The predicted octanol–water partition coefficient (Wildman–Crippen LogP) is 3.48. The fourth-order valence-corrected chi connectivity index (χ4v) is 2.19. The van der Waals surface area contributed by atoms with Crippen LogP contribution < -0.4 is 10.6 Å². The SMILES string of the molecule is CCCCNC(=O)c1ccnc(C(=O)Nc2ccc(C)c(C)c2)c1. The van der Waals surface area contributed by atoms with Gasteiger partial charge >= 0.3 is 0 Å². The molecule has 0 atom stereocenters. The van der Waals surface area contributed by atoms with Gasteiger partial charge in [-0.05, 0) is 55.7 Å². The topological polar surface area (TPSA) is 71.1 Å². The van der Waals surface area contributed by atoms with E-state index >= 15 is 0 Å². The van der Waals surface area contributed by atoms with Crippen molar-refractivity contribution in [1.29, 1.82) is 0 Å². The highest BCUT2D eigenvalue weighted by Gasteiger charge is 2.12. The van der Waals surface area contributed by atoms with E-state index in [-0.39, 0.29) is 17.5 Å². The maximum absolute atomic E-state index is 12.3. The highest BCUT2D eigenvalue weighted by molar-refractivity contribution is 6.04. The first kappa shape index (κ1) is 17.7. The molecule has 5 nitrogen and oxygen atoms in total. The number of carbonyl (C=O) groups is 2. The second-order valence-corrected chi connectivity index (χ2v) is 5.79. The molecule has 126 valence electrons. The Labute approximate surface area is 142 Å². The number of hydrogen-bond donors (Lipinski definition) is 2. The third-order valence-corrected chi connectivity index (χ3v) is 3.84. The van der Waals surface area contributed by atoms with Gasteiger partial charge in [-0.15, -0.1) is 0 Å². The fourth-order valence-electron chi connectivity index (χ4n) is 2.19. The fraction of sp³-hybridized carbons (Fsp3) is 0.316. The summed E-state index contributed by atoms with van der Waals surface area (Å²) in [6, 6.07) is 8.83. The average Bonchev–Trinajstić information content (AvgIpc) is 2.58. The Morgan fingerprint density at radius 2 is 1.83 bits per heavy atom. The second-order valence-electron chi connectivity index (χ2n) is 5.79. The molecular weight excluding hydrogens is 302 g/mol. The van der Waals surface area contributed by atoms with Gasteiger partial charge in [0.1, 0.15) is 5.69 Å². The number of nitrogens with one attached hydrogen (secondary N) is 2. The van der Waals surface area contributed by atoms with Crippen LogP contribution in [0.1, 0.15) is 51.7 Å². The Morgan fingerprint density at radius 3 is 2.54 bits per heavy atom. The molecule has 0 aliphatic rings. The minimum absolute atomic E-state index is 0.189. The van der Waals surface area contributed by atoms with Crippen molar-refractivity contribution in [1.82, 2.24) is 10.3 Å². The van der Waals surface area contributed by atoms with Crippen molar-refractivity contribution in [2.45, 2.75) is 33.6 Å². The van der Waals surface area contributed by atoms with Gasteiger partial charge in [-0.2, -0.15) is 0 Å².